The Balaban J connectivity index is 0.000000817. The van der Waals surface area contributed by atoms with Crippen LogP contribution in [0.4, 0.5) is 0 Å². The van der Waals surface area contributed by atoms with E-state index in [1.54, 1.807) is 60.7 Å². The summed E-state index contributed by atoms with van der Waals surface area (Å²) >= 11 is 0. The number of carbonyl (C=O) groups excluding carboxylic acids is 3. The van der Waals surface area contributed by atoms with E-state index >= 15 is 0 Å². The minimum atomic E-state index is -0.609. The van der Waals surface area contributed by atoms with Gasteiger partial charge in [0.1, 0.15) is 11.5 Å². The number of benzene rings is 3. The van der Waals surface area contributed by atoms with Crippen molar-refractivity contribution in [2.45, 2.75) is 0 Å². The van der Waals surface area contributed by atoms with Gasteiger partial charge < -0.3 is 9.47 Å². The summed E-state index contributed by atoms with van der Waals surface area (Å²) in [4.78, 5) is 33.1. The molecule has 3 aromatic rings. The summed E-state index contributed by atoms with van der Waals surface area (Å²) in [5.74, 6) is -0.397. The van der Waals surface area contributed by atoms with Gasteiger partial charge in [-0.1, -0.05) is 48.5 Å². The molecule has 0 atom stereocenters. The molecule has 0 heterocycles. The number of hydrogen-bond donors (Lipinski definition) is 1. The Kier molecular flexibility index (Phi) is 7.21. The van der Waals surface area contributed by atoms with Gasteiger partial charge in [0.2, 0.25) is 6.08 Å². The van der Waals surface area contributed by atoms with Crippen molar-refractivity contribution in [2.75, 3.05) is 0 Å². The van der Waals surface area contributed by atoms with Crippen molar-refractivity contribution in [2.24, 2.45) is 0 Å². The Bertz CT molecular complexity index is 861. The highest BCUT2D eigenvalue weighted by Crippen LogP contribution is 2.17. The molecule has 134 valence electrons. The van der Waals surface area contributed by atoms with E-state index in [1.807, 2.05) is 12.1 Å². The lowest BCUT2D eigenvalue weighted by Gasteiger charge is -2.09. The molecular weight excluding hydrogens is 346 g/mol. The van der Waals surface area contributed by atoms with Gasteiger partial charge >= 0.3 is 11.9 Å². The second-order valence-electron chi connectivity index (χ2n) is 5.05. The molecule has 6 heteroatoms. The van der Waals surface area contributed by atoms with E-state index < -0.39 is 11.9 Å². The molecule has 0 bridgehead atoms. The van der Waals surface area contributed by atoms with Crippen molar-refractivity contribution in [3.05, 3.63) is 96.1 Å². The van der Waals surface area contributed by atoms with E-state index in [0.717, 1.165) is 6.08 Å². The van der Waals surface area contributed by atoms with E-state index in [1.165, 1.54) is 12.1 Å². The predicted molar refractivity (Wildman–Crippen MR) is 97.7 cm³/mol. The van der Waals surface area contributed by atoms with Crippen molar-refractivity contribution in [3.63, 3.8) is 0 Å². The molecule has 0 aliphatic heterocycles. The fraction of sp³-hybridized carbons (Fsp3) is 0. The van der Waals surface area contributed by atoms with Gasteiger partial charge in [-0.05, 0) is 36.4 Å². The van der Waals surface area contributed by atoms with Crippen LogP contribution in [0.5, 0.6) is 11.5 Å². The minimum Gasteiger partial charge on any atom is -0.423 e. The summed E-state index contributed by atoms with van der Waals surface area (Å²) in [5.41, 5.74) is 0.310. The summed E-state index contributed by atoms with van der Waals surface area (Å²) in [6.07, 6.45) is 0.750. The number of para-hydroxylation sites is 2. The van der Waals surface area contributed by atoms with Gasteiger partial charge in [-0.15, -0.1) is 0 Å². The quantitative estimate of drug-likeness (QED) is 0.328. The third-order valence-corrected chi connectivity index (χ3v) is 3.27. The maximum absolute atomic E-state index is 12.4. The second-order valence-corrected chi connectivity index (χ2v) is 5.05. The molecule has 0 aliphatic rings. The van der Waals surface area contributed by atoms with E-state index in [9.17, 15) is 9.59 Å². The van der Waals surface area contributed by atoms with Crippen molar-refractivity contribution < 1.29 is 23.9 Å². The van der Waals surface area contributed by atoms with Crippen molar-refractivity contribution in [1.29, 1.82) is 5.41 Å². The molecule has 27 heavy (non-hydrogen) atoms. The average molecular weight is 361 g/mol. The molecule has 0 spiro atoms. The Hall–Kier alpha value is -4.02. The number of carbonyl (C=O) groups is 2. The predicted octanol–water partition coefficient (Wildman–Crippen LogP) is 4.03. The van der Waals surface area contributed by atoms with Crippen molar-refractivity contribution >= 4 is 18.0 Å². The number of hydrogen-bond acceptors (Lipinski definition) is 6. The Morgan fingerprint density at radius 2 is 0.926 bits per heavy atom. The fourth-order valence-corrected chi connectivity index (χ4v) is 2.14. The average Bonchev–Trinajstić information content (AvgIpc) is 2.70. The maximum atomic E-state index is 12.4. The molecule has 0 amide bonds. The number of isocyanates is 1. The molecule has 0 saturated heterocycles. The van der Waals surface area contributed by atoms with Gasteiger partial charge in [0.25, 0.3) is 0 Å². The van der Waals surface area contributed by atoms with Crippen LogP contribution >= 0.6 is 0 Å². The number of rotatable bonds is 4. The van der Waals surface area contributed by atoms with Gasteiger partial charge in [0.15, 0.2) is 0 Å². The van der Waals surface area contributed by atoms with Crippen LogP contribution in [0.2, 0.25) is 0 Å². The molecule has 0 radical (unpaired) electrons. The van der Waals surface area contributed by atoms with Gasteiger partial charge in [-0.2, -0.15) is 0 Å². The summed E-state index contributed by atoms with van der Waals surface area (Å²) < 4.78 is 10.6. The van der Waals surface area contributed by atoms with Crippen LogP contribution in [0.3, 0.4) is 0 Å². The van der Waals surface area contributed by atoms with Gasteiger partial charge in [0, 0.05) is 0 Å². The Morgan fingerprint density at radius 1 is 0.630 bits per heavy atom. The monoisotopic (exact) mass is 361 g/mol. The number of nitrogens with one attached hydrogen (secondary N) is 1. The molecule has 3 rings (SSSR count). The van der Waals surface area contributed by atoms with Crippen molar-refractivity contribution in [1.82, 2.24) is 0 Å². The maximum Gasteiger partial charge on any atom is 0.344 e. The SMILES string of the molecule is N=C=O.O=C(Oc1ccccc1)c1ccccc1C(=O)Oc1ccccc1. The first kappa shape index (κ1) is 19.3. The van der Waals surface area contributed by atoms with Gasteiger partial charge in [-0.3, -0.25) is 0 Å². The lowest BCUT2D eigenvalue weighted by atomic mass is 10.1. The Labute approximate surface area is 155 Å². The smallest absolute Gasteiger partial charge is 0.344 e. The van der Waals surface area contributed by atoms with Crippen LogP contribution in [-0.4, -0.2) is 18.0 Å². The minimum absolute atomic E-state index is 0.155. The first-order valence-corrected chi connectivity index (χ1v) is 7.83. The van der Waals surface area contributed by atoms with Crippen LogP contribution < -0.4 is 9.47 Å². The normalized spacial score (nSPS) is 9.19. The third-order valence-electron chi connectivity index (χ3n) is 3.27. The lowest BCUT2D eigenvalue weighted by molar-refractivity contribution is 0.0692. The zero-order chi connectivity index (χ0) is 19.5. The Morgan fingerprint density at radius 3 is 1.26 bits per heavy atom. The summed E-state index contributed by atoms with van der Waals surface area (Å²) in [5, 5.41) is 5.40. The zero-order valence-electron chi connectivity index (χ0n) is 14.1. The highest BCUT2D eigenvalue weighted by Gasteiger charge is 2.20. The molecule has 0 saturated carbocycles. The van der Waals surface area contributed by atoms with Gasteiger partial charge in [0.05, 0.1) is 11.1 Å². The molecule has 0 unspecified atom stereocenters. The largest absolute Gasteiger partial charge is 0.423 e. The highest BCUT2D eigenvalue weighted by atomic mass is 16.5. The fourth-order valence-electron chi connectivity index (χ4n) is 2.14. The lowest BCUT2D eigenvalue weighted by Crippen LogP contribution is -2.17. The van der Waals surface area contributed by atoms with Crippen LogP contribution in [0.25, 0.3) is 0 Å². The van der Waals surface area contributed by atoms with Crippen LogP contribution in [0.15, 0.2) is 84.9 Å². The first-order chi connectivity index (χ1) is 13.2. The topological polar surface area (TPSA) is 93.5 Å². The summed E-state index contributed by atoms with van der Waals surface area (Å²) in [7, 11) is 0. The molecule has 6 nitrogen and oxygen atoms in total. The van der Waals surface area contributed by atoms with Crippen molar-refractivity contribution in [3.8, 4) is 11.5 Å². The molecule has 1 N–H and O–H groups in total. The molecular formula is C21H15NO5. The molecule has 0 aromatic heterocycles. The van der Waals surface area contributed by atoms with Gasteiger partial charge in [-0.25, -0.2) is 19.8 Å². The van der Waals surface area contributed by atoms with Crippen LogP contribution in [0.1, 0.15) is 20.7 Å². The number of esters is 2. The summed E-state index contributed by atoms with van der Waals surface area (Å²) in [6, 6.07) is 23.8. The van der Waals surface area contributed by atoms with E-state index in [4.69, 9.17) is 19.7 Å². The van der Waals surface area contributed by atoms with Crippen LogP contribution in [0, 0.1) is 5.41 Å². The van der Waals surface area contributed by atoms with Crippen LogP contribution in [-0.2, 0) is 4.79 Å². The molecule has 0 fully saturated rings. The number of ether oxygens (including phenoxy) is 2. The van der Waals surface area contributed by atoms with E-state index in [0.29, 0.717) is 11.5 Å². The molecule has 0 aliphatic carbocycles. The second kappa shape index (κ2) is 10.1. The van der Waals surface area contributed by atoms with E-state index in [2.05, 4.69) is 0 Å². The first-order valence-electron chi connectivity index (χ1n) is 7.83. The molecule has 3 aromatic carbocycles. The van der Waals surface area contributed by atoms with E-state index in [-0.39, 0.29) is 11.1 Å². The standard InChI is InChI=1S/C20H14O4.CHNO/c21-19(23-15-9-3-1-4-10-15)17-13-7-8-14-18(17)20(22)24-16-11-5-2-6-12-16;2-1-3/h1-14H;2H. The highest BCUT2D eigenvalue weighted by molar-refractivity contribution is 6.04. The summed E-state index contributed by atoms with van der Waals surface area (Å²) in [6.45, 7) is 0. The third kappa shape index (κ3) is 5.77. The zero-order valence-corrected chi connectivity index (χ0v) is 14.1.